The zero-order valence-corrected chi connectivity index (χ0v) is 22.2. The molecule has 0 bridgehead atoms. The van der Waals surface area contributed by atoms with Crippen LogP contribution in [-0.2, 0) is 14.4 Å². The maximum atomic E-state index is 13.1. The molecule has 0 atom stereocenters. The van der Waals surface area contributed by atoms with Crippen molar-refractivity contribution < 1.29 is 19.1 Å². The average molecular weight is 519 g/mol. The highest BCUT2D eigenvalue weighted by molar-refractivity contribution is 6.32. The standard InChI is InChI=1S/C30H31ClN2O4/c1-17-10-12-20(14-18(17)2)32-27(36)16-37-26-13-11-19(15-21(26)31)28-29-22(6-4-8-24(29)34)33(3)23-7-5-9-25(35)30(23)28/h10-15,28H,4-9,16H2,1-3H3,(H,32,36). The van der Waals surface area contributed by atoms with E-state index in [1.54, 1.807) is 12.1 Å². The van der Waals surface area contributed by atoms with Crippen molar-refractivity contribution >= 4 is 34.8 Å². The van der Waals surface area contributed by atoms with Crippen LogP contribution in [-0.4, -0.2) is 36.0 Å². The zero-order chi connectivity index (χ0) is 26.3. The first-order valence-corrected chi connectivity index (χ1v) is 13.2. The van der Waals surface area contributed by atoms with Crippen LogP contribution in [0, 0.1) is 13.8 Å². The van der Waals surface area contributed by atoms with Gasteiger partial charge in [0.25, 0.3) is 5.91 Å². The van der Waals surface area contributed by atoms with E-state index in [0.717, 1.165) is 64.9 Å². The van der Waals surface area contributed by atoms with Gasteiger partial charge in [0, 0.05) is 54.0 Å². The normalized spacial score (nSPS) is 18.1. The number of halogens is 1. The van der Waals surface area contributed by atoms with Gasteiger partial charge in [-0.25, -0.2) is 0 Å². The number of rotatable bonds is 5. The van der Waals surface area contributed by atoms with Crippen molar-refractivity contribution in [2.75, 3.05) is 19.0 Å². The first-order chi connectivity index (χ1) is 17.7. The summed E-state index contributed by atoms with van der Waals surface area (Å²) < 4.78 is 5.73. The minimum absolute atomic E-state index is 0.0995. The van der Waals surface area contributed by atoms with Crippen molar-refractivity contribution in [2.24, 2.45) is 0 Å². The Morgan fingerprint density at radius 3 is 2.19 bits per heavy atom. The Morgan fingerprint density at radius 1 is 0.946 bits per heavy atom. The van der Waals surface area contributed by atoms with Crippen molar-refractivity contribution in [1.29, 1.82) is 0 Å². The molecule has 3 aliphatic rings. The molecule has 1 N–H and O–H groups in total. The molecule has 2 aliphatic carbocycles. The summed E-state index contributed by atoms with van der Waals surface area (Å²) in [4.78, 5) is 40.8. The van der Waals surface area contributed by atoms with Crippen molar-refractivity contribution in [1.82, 2.24) is 4.90 Å². The number of Topliss-reactive ketones (excluding diaryl/α,β-unsaturated/α-hetero) is 2. The third kappa shape index (κ3) is 4.82. The molecule has 2 aromatic carbocycles. The van der Waals surface area contributed by atoms with E-state index in [-0.39, 0.29) is 24.1 Å². The third-order valence-electron chi connectivity index (χ3n) is 7.68. The highest BCUT2D eigenvalue weighted by Gasteiger charge is 2.42. The fraction of sp³-hybridized carbons (Fsp3) is 0.367. The lowest BCUT2D eigenvalue weighted by Crippen LogP contribution is -2.37. The maximum Gasteiger partial charge on any atom is 0.262 e. The van der Waals surface area contributed by atoms with E-state index in [1.807, 2.05) is 45.2 Å². The van der Waals surface area contributed by atoms with Gasteiger partial charge < -0.3 is 15.0 Å². The summed E-state index contributed by atoms with van der Waals surface area (Å²) in [5.41, 5.74) is 7.25. The predicted octanol–water partition coefficient (Wildman–Crippen LogP) is 6.02. The number of allylic oxidation sites excluding steroid dienone is 4. The summed E-state index contributed by atoms with van der Waals surface area (Å²) in [5.74, 6) is -0.128. The molecule has 1 heterocycles. The minimum atomic E-state index is -0.415. The Bertz CT molecular complexity index is 1330. The van der Waals surface area contributed by atoms with E-state index in [4.69, 9.17) is 16.3 Å². The summed E-state index contributed by atoms with van der Waals surface area (Å²) >= 11 is 6.61. The number of ketones is 2. The number of amides is 1. The summed E-state index contributed by atoms with van der Waals surface area (Å²) in [6, 6.07) is 11.1. The molecule has 1 aliphatic heterocycles. The number of carbonyl (C=O) groups excluding carboxylic acids is 3. The van der Waals surface area contributed by atoms with E-state index < -0.39 is 5.92 Å². The number of hydrogen-bond donors (Lipinski definition) is 1. The number of hydrogen-bond acceptors (Lipinski definition) is 5. The molecule has 5 rings (SSSR count). The number of nitrogens with zero attached hydrogens (tertiary/aromatic N) is 1. The lowest BCUT2D eigenvalue weighted by molar-refractivity contribution is -0.118. The van der Waals surface area contributed by atoms with E-state index in [9.17, 15) is 14.4 Å². The topological polar surface area (TPSA) is 75.7 Å². The molecule has 0 aromatic heterocycles. The second-order valence-corrected chi connectivity index (χ2v) is 10.5. The summed E-state index contributed by atoms with van der Waals surface area (Å²) in [6.45, 7) is 3.82. The monoisotopic (exact) mass is 518 g/mol. The van der Waals surface area contributed by atoms with E-state index in [2.05, 4.69) is 10.2 Å². The second kappa shape index (κ2) is 10.2. The quantitative estimate of drug-likeness (QED) is 0.524. The van der Waals surface area contributed by atoms with Gasteiger partial charge in [-0.2, -0.15) is 0 Å². The second-order valence-electron chi connectivity index (χ2n) is 10.1. The molecule has 0 saturated carbocycles. The lowest BCUT2D eigenvalue weighted by atomic mass is 9.71. The van der Waals surface area contributed by atoms with E-state index >= 15 is 0 Å². The molecule has 2 aromatic rings. The van der Waals surface area contributed by atoms with Crippen molar-refractivity contribution in [3.05, 3.63) is 80.7 Å². The fourth-order valence-electron chi connectivity index (χ4n) is 5.66. The maximum absolute atomic E-state index is 13.1. The average Bonchev–Trinajstić information content (AvgIpc) is 2.87. The SMILES string of the molecule is Cc1ccc(NC(=O)COc2ccc(C3C4=C(CCCC4=O)N(C)C4=C3C(=O)CCC4)cc2Cl)cc1C. The Labute approximate surface area is 222 Å². The number of benzene rings is 2. The smallest absolute Gasteiger partial charge is 0.262 e. The van der Waals surface area contributed by atoms with E-state index in [1.165, 1.54) is 0 Å². The van der Waals surface area contributed by atoms with Crippen molar-refractivity contribution in [2.45, 2.75) is 58.3 Å². The third-order valence-corrected chi connectivity index (χ3v) is 7.98. The largest absolute Gasteiger partial charge is 0.482 e. The van der Waals surface area contributed by atoms with Gasteiger partial charge in [-0.3, -0.25) is 14.4 Å². The molecule has 7 heteroatoms. The van der Waals surface area contributed by atoms with Gasteiger partial charge in [-0.05, 0) is 80.5 Å². The molecule has 1 amide bonds. The molecular formula is C30H31ClN2O4. The molecular weight excluding hydrogens is 488 g/mol. The lowest BCUT2D eigenvalue weighted by Gasteiger charge is -2.42. The molecule has 0 radical (unpaired) electrons. The van der Waals surface area contributed by atoms with Crippen LogP contribution in [0.4, 0.5) is 5.69 Å². The Kier molecular flexibility index (Phi) is 6.95. The van der Waals surface area contributed by atoms with Crippen molar-refractivity contribution in [3.63, 3.8) is 0 Å². The Balaban J connectivity index is 1.39. The van der Waals surface area contributed by atoms with Crippen LogP contribution in [0.1, 0.15) is 61.1 Å². The fourth-order valence-corrected chi connectivity index (χ4v) is 5.90. The molecule has 6 nitrogen and oxygen atoms in total. The molecule has 0 fully saturated rings. The van der Waals surface area contributed by atoms with Crippen LogP contribution in [0.5, 0.6) is 5.75 Å². The van der Waals surface area contributed by atoms with Gasteiger partial charge in [-0.15, -0.1) is 0 Å². The number of nitrogens with one attached hydrogen (secondary N) is 1. The molecule has 192 valence electrons. The highest BCUT2D eigenvalue weighted by atomic mass is 35.5. The van der Waals surface area contributed by atoms with Crippen LogP contribution < -0.4 is 10.1 Å². The summed E-state index contributed by atoms with van der Waals surface area (Å²) in [7, 11) is 1.98. The van der Waals surface area contributed by atoms with Gasteiger partial charge in [0.1, 0.15) is 5.75 Å². The molecule has 0 spiro atoms. The summed E-state index contributed by atoms with van der Waals surface area (Å²) in [5, 5.41) is 3.18. The number of ether oxygens (including phenoxy) is 1. The first-order valence-electron chi connectivity index (χ1n) is 12.8. The van der Waals surface area contributed by atoms with Crippen LogP contribution in [0.25, 0.3) is 0 Å². The Hall–Kier alpha value is -3.38. The molecule has 37 heavy (non-hydrogen) atoms. The van der Waals surface area contributed by atoms with Crippen LogP contribution in [0.2, 0.25) is 5.02 Å². The van der Waals surface area contributed by atoms with Gasteiger partial charge in [-0.1, -0.05) is 23.7 Å². The molecule has 0 saturated heterocycles. The van der Waals surface area contributed by atoms with Gasteiger partial charge in [0.15, 0.2) is 18.2 Å². The minimum Gasteiger partial charge on any atom is -0.482 e. The van der Waals surface area contributed by atoms with E-state index in [0.29, 0.717) is 29.3 Å². The molecule has 0 unspecified atom stereocenters. The van der Waals surface area contributed by atoms with Crippen LogP contribution >= 0.6 is 11.6 Å². The predicted molar refractivity (Wildman–Crippen MR) is 144 cm³/mol. The zero-order valence-electron chi connectivity index (χ0n) is 21.4. The number of carbonyl (C=O) groups is 3. The van der Waals surface area contributed by atoms with Gasteiger partial charge in [0.05, 0.1) is 5.02 Å². The Morgan fingerprint density at radius 2 is 1.59 bits per heavy atom. The summed E-state index contributed by atoms with van der Waals surface area (Å²) in [6.07, 6.45) is 4.27. The first kappa shape index (κ1) is 25.3. The number of aryl methyl sites for hydroxylation is 2. The highest BCUT2D eigenvalue weighted by Crippen LogP contribution is 2.49. The van der Waals surface area contributed by atoms with Crippen molar-refractivity contribution in [3.8, 4) is 5.75 Å². The van der Waals surface area contributed by atoms with Crippen LogP contribution in [0.15, 0.2) is 58.9 Å². The van der Waals surface area contributed by atoms with Gasteiger partial charge in [0.2, 0.25) is 0 Å². The number of anilines is 1. The van der Waals surface area contributed by atoms with Crippen LogP contribution in [0.3, 0.4) is 0 Å². The van der Waals surface area contributed by atoms with Gasteiger partial charge >= 0.3 is 0 Å².